The van der Waals surface area contributed by atoms with Crippen molar-refractivity contribution in [3.05, 3.63) is 12.2 Å². The van der Waals surface area contributed by atoms with Crippen LogP contribution in [0.1, 0.15) is 65.7 Å². The molecular weight excluding hydrogens is 430 g/mol. The zero-order valence-corrected chi connectivity index (χ0v) is 19.4. The lowest BCUT2D eigenvalue weighted by atomic mass is 10.0. The van der Waals surface area contributed by atoms with Gasteiger partial charge in [0.25, 0.3) is 0 Å². The van der Waals surface area contributed by atoms with E-state index in [-0.39, 0.29) is 31.1 Å². The summed E-state index contributed by atoms with van der Waals surface area (Å²) < 4.78 is 5.29. The van der Waals surface area contributed by atoms with Gasteiger partial charge in [-0.3, -0.25) is 14.4 Å². The molecule has 182 valence electrons. The maximum absolute atomic E-state index is 13.4. The molecule has 1 saturated carbocycles. The van der Waals surface area contributed by atoms with E-state index in [1.54, 1.807) is 20.8 Å². The fourth-order valence-corrected chi connectivity index (χ4v) is 4.38. The van der Waals surface area contributed by atoms with Gasteiger partial charge in [-0.1, -0.05) is 25.0 Å². The van der Waals surface area contributed by atoms with Crippen molar-refractivity contribution in [1.82, 2.24) is 15.5 Å². The number of Topliss-reactive ketones (excluding diaryl/α,β-unsaturated/α-hetero) is 1. The Kier molecular flexibility index (Phi) is 7.14. The van der Waals surface area contributed by atoms with Crippen LogP contribution in [0.4, 0.5) is 4.79 Å². The van der Waals surface area contributed by atoms with Gasteiger partial charge in [0.05, 0.1) is 6.54 Å². The minimum Gasteiger partial charge on any atom is -0.479 e. The molecule has 3 amide bonds. The standard InChI is InChI=1S/C23H33N3O7/c1-22(2,3)33-21(32)24-16-10-8-6-4-5-7-9-14-12-23(14,20(30)31)25-18(28)17-11-15(27)13-26(17)19(16)29/h7,9,14,16-17H,4-6,8,10-13H2,1-3H3,(H,24,32)(H,25,28)(H,30,31)/b9-7-/t14-,16+,17+,23-/m1/s1. The van der Waals surface area contributed by atoms with E-state index >= 15 is 0 Å². The highest BCUT2D eigenvalue weighted by molar-refractivity contribution is 6.02. The summed E-state index contributed by atoms with van der Waals surface area (Å²) in [5, 5.41) is 14.9. The summed E-state index contributed by atoms with van der Waals surface area (Å²) >= 11 is 0. The van der Waals surface area contributed by atoms with Crippen LogP contribution in [-0.4, -0.2) is 69.4 Å². The number of carbonyl (C=O) groups excluding carboxylic acids is 4. The van der Waals surface area contributed by atoms with Crippen LogP contribution in [0.3, 0.4) is 0 Å². The van der Waals surface area contributed by atoms with Gasteiger partial charge in [-0.2, -0.15) is 0 Å². The van der Waals surface area contributed by atoms with Crippen LogP contribution >= 0.6 is 0 Å². The normalized spacial score (nSPS) is 31.9. The van der Waals surface area contributed by atoms with Crippen molar-refractivity contribution >= 4 is 29.7 Å². The van der Waals surface area contributed by atoms with Gasteiger partial charge >= 0.3 is 12.1 Å². The Labute approximate surface area is 193 Å². The first-order chi connectivity index (χ1) is 15.4. The summed E-state index contributed by atoms with van der Waals surface area (Å²) in [7, 11) is 0. The quantitative estimate of drug-likeness (QED) is 0.527. The number of fused-ring (bicyclic) bond motifs is 2. The Hall–Kier alpha value is -2.91. The Morgan fingerprint density at radius 1 is 1.21 bits per heavy atom. The van der Waals surface area contributed by atoms with Gasteiger partial charge in [-0.25, -0.2) is 9.59 Å². The molecule has 10 nitrogen and oxygen atoms in total. The van der Waals surface area contributed by atoms with Crippen molar-refractivity contribution < 1.29 is 33.8 Å². The second-order valence-electron chi connectivity index (χ2n) is 10.1. The van der Waals surface area contributed by atoms with Crippen molar-refractivity contribution in [3.63, 3.8) is 0 Å². The zero-order chi connectivity index (χ0) is 24.4. The summed E-state index contributed by atoms with van der Waals surface area (Å²) in [5.41, 5.74) is -2.17. The van der Waals surface area contributed by atoms with E-state index in [0.29, 0.717) is 12.8 Å². The van der Waals surface area contributed by atoms with Crippen LogP contribution in [0.5, 0.6) is 0 Å². The molecule has 3 rings (SSSR count). The third kappa shape index (κ3) is 5.91. The maximum Gasteiger partial charge on any atom is 0.408 e. The topological polar surface area (TPSA) is 142 Å². The predicted octanol–water partition coefficient (Wildman–Crippen LogP) is 1.53. The summed E-state index contributed by atoms with van der Waals surface area (Å²) in [6, 6.07) is -2.07. The van der Waals surface area contributed by atoms with E-state index < -0.39 is 47.1 Å². The number of aliphatic carboxylic acids is 1. The van der Waals surface area contributed by atoms with E-state index in [0.717, 1.165) is 24.2 Å². The molecule has 3 aliphatic rings. The molecule has 0 aromatic heterocycles. The molecule has 2 fully saturated rings. The van der Waals surface area contributed by atoms with Gasteiger partial charge in [-0.15, -0.1) is 0 Å². The van der Waals surface area contributed by atoms with Gasteiger partial charge in [-0.05, 0) is 46.5 Å². The van der Waals surface area contributed by atoms with Gasteiger partial charge in [0.1, 0.15) is 23.2 Å². The third-order valence-corrected chi connectivity index (χ3v) is 6.19. The molecule has 0 unspecified atom stereocenters. The SMILES string of the molecule is CC(C)(C)OC(=O)N[C@H]1CCCCC/C=C\[C@@H]2C[C@@]2(C(=O)O)NC(=O)[C@@H]2CC(=O)CN2C1=O. The molecular formula is C23H33N3O7. The average Bonchev–Trinajstić information content (AvgIpc) is 3.25. The molecule has 10 heteroatoms. The molecule has 0 aromatic carbocycles. The lowest BCUT2D eigenvalue weighted by Crippen LogP contribution is -2.56. The molecule has 0 spiro atoms. The van der Waals surface area contributed by atoms with Gasteiger partial charge in [0, 0.05) is 12.3 Å². The number of amides is 3. The summed E-state index contributed by atoms with van der Waals surface area (Å²) in [6.45, 7) is 4.87. The van der Waals surface area contributed by atoms with Crippen LogP contribution in [0.2, 0.25) is 0 Å². The number of nitrogens with one attached hydrogen (secondary N) is 2. The lowest BCUT2D eigenvalue weighted by Gasteiger charge is -2.29. The maximum atomic E-state index is 13.4. The van der Waals surface area contributed by atoms with Crippen LogP contribution in [-0.2, 0) is 23.9 Å². The number of ketones is 1. The lowest BCUT2D eigenvalue weighted by molar-refractivity contribution is -0.145. The minimum atomic E-state index is -1.41. The second-order valence-corrected chi connectivity index (χ2v) is 10.1. The highest BCUT2D eigenvalue weighted by Gasteiger charge is 2.61. The highest BCUT2D eigenvalue weighted by atomic mass is 16.6. The smallest absolute Gasteiger partial charge is 0.408 e. The number of carbonyl (C=O) groups is 5. The molecule has 2 heterocycles. The van der Waals surface area contributed by atoms with Gasteiger partial charge in [0.15, 0.2) is 5.78 Å². The molecule has 1 aliphatic carbocycles. The number of alkyl carbamates (subject to hydrolysis) is 1. The summed E-state index contributed by atoms with van der Waals surface area (Å²) in [6.07, 6.45) is 6.46. The molecule has 0 bridgehead atoms. The number of ether oxygens (including phenoxy) is 1. The number of hydrogen-bond acceptors (Lipinski definition) is 6. The molecule has 4 atom stereocenters. The molecule has 1 saturated heterocycles. The first-order valence-corrected chi connectivity index (χ1v) is 11.5. The Balaban J connectivity index is 1.84. The van der Waals surface area contributed by atoms with Crippen LogP contribution in [0.25, 0.3) is 0 Å². The Morgan fingerprint density at radius 2 is 1.94 bits per heavy atom. The number of allylic oxidation sites excluding steroid dienone is 1. The monoisotopic (exact) mass is 463 g/mol. The third-order valence-electron chi connectivity index (χ3n) is 6.19. The van der Waals surface area contributed by atoms with Crippen molar-refractivity contribution in [1.29, 1.82) is 0 Å². The predicted molar refractivity (Wildman–Crippen MR) is 117 cm³/mol. The van der Waals surface area contributed by atoms with E-state index in [4.69, 9.17) is 4.74 Å². The molecule has 0 aromatic rings. The minimum absolute atomic E-state index is 0.188. The average molecular weight is 464 g/mol. The van der Waals surface area contributed by atoms with Crippen LogP contribution in [0, 0.1) is 5.92 Å². The number of carboxylic acids is 1. The van der Waals surface area contributed by atoms with E-state index in [2.05, 4.69) is 10.6 Å². The highest BCUT2D eigenvalue weighted by Crippen LogP contribution is 2.45. The fourth-order valence-electron chi connectivity index (χ4n) is 4.38. The van der Waals surface area contributed by atoms with Gasteiger partial charge in [0.2, 0.25) is 11.8 Å². The van der Waals surface area contributed by atoms with E-state index in [9.17, 15) is 29.1 Å². The van der Waals surface area contributed by atoms with Gasteiger partial charge < -0.3 is 25.4 Å². The van der Waals surface area contributed by atoms with Crippen molar-refractivity contribution in [2.75, 3.05) is 6.54 Å². The van der Waals surface area contributed by atoms with Crippen LogP contribution < -0.4 is 10.6 Å². The first-order valence-electron chi connectivity index (χ1n) is 11.5. The number of nitrogens with zero attached hydrogens (tertiary/aromatic N) is 1. The fraction of sp³-hybridized carbons (Fsp3) is 0.696. The zero-order valence-electron chi connectivity index (χ0n) is 19.4. The molecule has 3 N–H and O–H groups in total. The van der Waals surface area contributed by atoms with E-state index in [1.165, 1.54) is 0 Å². The molecule has 2 aliphatic heterocycles. The van der Waals surface area contributed by atoms with Crippen molar-refractivity contribution in [2.45, 2.75) is 88.9 Å². The van der Waals surface area contributed by atoms with Crippen LogP contribution in [0.15, 0.2) is 12.2 Å². The first kappa shape index (κ1) is 24.7. The Morgan fingerprint density at radius 3 is 2.61 bits per heavy atom. The number of hydrogen-bond donors (Lipinski definition) is 3. The second kappa shape index (κ2) is 9.52. The summed E-state index contributed by atoms with van der Waals surface area (Å²) in [5.74, 6) is -2.97. The van der Waals surface area contributed by atoms with Crippen molar-refractivity contribution in [3.8, 4) is 0 Å². The molecule has 0 radical (unpaired) electrons. The van der Waals surface area contributed by atoms with Crippen molar-refractivity contribution in [2.24, 2.45) is 5.92 Å². The molecule has 33 heavy (non-hydrogen) atoms. The number of rotatable bonds is 2. The number of carboxylic acid groups (broad SMARTS) is 1. The summed E-state index contributed by atoms with van der Waals surface area (Å²) in [4.78, 5) is 64.0. The largest absolute Gasteiger partial charge is 0.479 e. The van der Waals surface area contributed by atoms with E-state index in [1.807, 2.05) is 12.2 Å². The Bertz CT molecular complexity index is 863.